The van der Waals surface area contributed by atoms with Crippen LogP contribution in [0.1, 0.15) is 43.8 Å². The first-order valence-electron chi connectivity index (χ1n) is 10.0. The van der Waals surface area contributed by atoms with Gasteiger partial charge in [0.1, 0.15) is 11.3 Å². The monoisotopic (exact) mass is 381 g/mol. The molecule has 29 heavy (non-hydrogen) atoms. The Balaban J connectivity index is 2.22. The molecule has 4 rings (SSSR count). The van der Waals surface area contributed by atoms with Crippen LogP contribution in [-0.4, -0.2) is 14.5 Å². The lowest BCUT2D eigenvalue weighted by Gasteiger charge is -2.14. The van der Waals surface area contributed by atoms with Crippen molar-refractivity contribution in [3.8, 4) is 0 Å². The molecule has 0 radical (unpaired) electrons. The zero-order valence-electron chi connectivity index (χ0n) is 17.9. The van der Waals surface area contributed by atoms with Gasteiger partial charge in [-0.3, -0.25) is 0 Å². The average Bonchev–Trinajstić information content (AvgIpc) is 2.96. The van der Waals surface area contributed by atoms with Gasteiger partial charge in [0, 0.05) is 18.0 Å². The van der Waals surface area contributed by atoms with Gasteiger partial charge in [0.15, 0.2) is 0 Å². The molecule has 0 aliphatic heterocycles. The summed E-state index contributed by atoms with van der Waals surface area (Å²) in [5, 5.41) is 3.71. The van der Waals surface area contributed by atoms with Crippen molar-refractivity contribution in [2.24, 2.45) is 7.05 Å². The third kappa shape index (κ3) is 2.89. The molecule has 3 nitrogen and oxygen atoms in total. The van der Waals surface area contributed by atoms with Gasteiger partial charge in [-0.15, -0.1) is 0 Å². The minimum atomic E-state index is 0.380. The molecule has 0 spiro atoms. The molecule has 0 bridgehead atoms. The predicted octanol–water partition coefficient (Wildman–Crippen LogP) is 6.85. The number of nitrogens with zero attached hydrogens (tertiary/aromatic N) is 3. The lowest BCUT2D eigenvalue weighted by atomic mass is 9.93. The molecule has 2 aromatic heterocycles. The van der Waals surface area contributed by atoms with Crippen molar-refractivity contribution in [1.82, 2.24) is 14.5 Å². The molecule has 3 heteroatoms. The van der Waals surface area contributed by atoms with Crippen LogP contribution < -0.4 is 0 Å². The van der Waals surface area contributed by atoms with Crippen LogP contribution in [0.2, 0.25) is 0 Å². The smallest absolute Gasteiger partial charge is 0.126 e. The summed E-state index contributed by atoms with van der Waals surface area (Å²) in [5.74, 6) is 1.12. The summed E-state index contributed by atoms with van der Waals surface area (Å²) in [6.07, 6.45) is 3.95. The Bertz CT molecular complexity index is 1330. The van der Waals surface area contributed by atoms with Gasteiger partial charge in [-0.2, -0.15) is 0 Å². The van der Waals surface area contributed by atoms with E-state index in [9.17, 15) is 0 Å². The number of benzene rings is 2. The van der Waals surface area contributed by atoms with E-state index in [0.717, 1.165) is 33.7 Å². The van der Waals surface area contributed by atoms with E-state index < -0.39 is 0 Å². The minimum absolute atomic E-state index is 0.380. The van der Waals surface area contributed by atoms with Gasteiger partial charge < -0.3 is 4.57 Å². The Kier molecular flexibility index (Phi) is 4.62. The highest BCUT2D eigenvalue weighted by atomic mass is 15.0. The fourth-order valence-corrected chi connectivity index (χ4v) is 4.34. The van der Waals surface area contributed by atoms with Gasteiger partial charge in [-0.25, -0.2) is 9.97 Å². The third-order valence-corrected chi connectivity index (χ3v) is 5.60. The van der Waals surface area contributed by atoms with Gasteiger partial charge in [0.25, 0.3) is 0 Å². The Morgan fingerprint density at radius 3 is 2.48 bits per heavy atom. The number of allylic oxidation sites excluding steroid dienone is 4. The van der Waals surface area contributed by atoms with Crippen LogP contribution in [-0.2, 0) is 7.05 Å². The van der Waals surface area contributed by atoms with Crippen LogP contribution in [0, 0.1) is 6.92 Å². The zero-order chi connectivity index (χ0) is 20.9. The highest BCUT2D eigenvalue weighted by Gasteiger charge is 2.22. The molecule has 0 amide bonds. The Morgan fingerprint density at radius 1 is 1.07 bits per heavy atom. The summed E-state index contributed by atoms with van der Waals surface area (Å²) in [6.45, 7) is 16.9. The molecular formula is C26H27N3. The molecule has 2 heterocycles. The van der Waals surface area contributed by atoms with Crippen molar-refractivity contribution in [2.45, 2.75) is 33.6 Å². The number of hydrogen-bond acceptors (Lipinski definition) is 2. The maximum absolute atomic E-state index is 4.86. The summed E-state index contributed by atoms with van der Waals surface area (Å²) < 4.78 is 2.25. The molecule has 0 unspecified atom stereocenters. The Hall–Kier alpha value is -3.20. The van der Waals surface area contributed by atoms with E-state index >= 15 is 0 Å². The van der Waals surface area contributed by atoms with Gasteiger partial charge in [0.2, 0.25) is 0 Å². The van der Waals surface area contributed by atoms with E-state index in [2.05, 4.69) is 69.0 Å². The van der Waals surface area contributed by atoms with Crippen molar-refractivity contribution in [3.63, 3.8) is 0 Å². The quantitative estimate of drug-likeness (QED) is 0.362. The largest absolute Gasteiger partial charge is 0.340 e. The minimum Gasteiger partial charge on any atom is -0.340 e. The van der Waals surface area contributed by atoms with Gasteiger partial charge in [0.05, 0.1) is 16.7 Å². The SMILES string of the molecule is C=C(/C=C\C)C(=C)c1nc(C)nc2c3cc4ccccc4c(C(C)C)c3n(C)c12. The fraction of sp³-hybridized carbons (Fsp3) is 0.231. The van der Waals surface area contributed by atoms with Gasteiger partial charge >= 0.3 is 0 Å². The summed E-state index contributed by atoms with van der Waals surface area (Å²) in [5.41, 5.74) is 7.12. The van der Waals surface area contributed by atoms with Gasteiger partial charge in [-0.05, 0) is 47.7 Å². The first kappa shape index (κ1) is 19.1. The van der Waals surface area contributed by atoms with Gasteiger partial charge in [-0.1, -0.05) is 63.4 Å². The molecule has 0 aliphatic carbocycles. The molecule has 4 aromatic rings. The van der Waals surface area contributed by atoms with Crippen LogP contribution in [0.15, 0.2) is 61.2 Å². The van der Waals surface area contributed by atoms with Crippen molar-refractivity contribution in [2.75, 3.05) is 0 Å². The number of hydrogen-bond donors (Lipinski definition) is 0. The average molecular weight is 382 g/mol. The maximum atomic E-state index is 4.86. The molecule has 2 aromatic carbocycles. The standard InChI is InChI=1S/C26H27N3/c1-8-11-16(4)17(5)23-26-24(28-18(6)27-23)21-14-19-12-9-10-13-20(19)22(15(2)3)25(21)29(26)7/h8-15H,4-5H2,1-3,6-7H3/b11-8-. The summed E-state index contributed by atoms with van der Waals surface area (Å²) in [6, 6.07) is 10.9. The number of aryl methyl sites for hydroxylation is 2. The van der Waals surface area contributed by atoms with E-state index in [1.54, 1.807) is 0 Å². The van der Waals surface area contributed by atoms with E-state index in [4.69, 9.17) is 9.97 Å². The first-order valence-corrected chi connectivity index (χ1v) is 10.0. The molecule has 0 atom stereocenters. The van der Waals surface area contributed by atoms with E-state index in [1.807, 2.05) is 26.0 Å². The topological polar surface area (TPSA) is 30.7 Å². The third-order valence-electron chi connectivity index (χ3n) is 5.60. The van der Waals surface area contributed by atoms with Crippen LogP contribution in [0.4, 0.5) is 0 Å². The van der Waals surface area contributed by atoms with Crippen LogP contribution >= 0.6 is 0 Å². The van der Waals surface area contributed by atoms with Crippen LogP contribution in [0.25, 0.3) is 38.3 Å². The second kappa shape index (κ2) is 7.00. The number of fused-ring (bicyclic) bond motifs is 4. The van der Waals surface area contributed by atoms with Crippen molar-refractivity contribution in [1.29, 1.82) is 0 Å². The van der Waals surface area contributed by atoms with Crippen LogP contribution in [0.5, 0.6) is 0 Å². The first-order chi connectivity index (χ1) is 13.8. The Morgan fingerprint density at radius 2 is 1.79 bits per heavy atom. The van der Waals surface area contributed by atoms with E-state index in [1.165, 1.54) is 27.2 Å². The second-order valence-electron chi connectivity index (χ2n) is 7.94. The molecule has 0 saturated carbocycles. The molecule has 146 valence electrons. The molecule has 0 fully saturated rings. The fourth-order valence-electron chi connectivity index (χ4n) is 4.34. The summed E-state index contributed by atoms with van der Waals surface area (Å²) in [4.78, 5) is 9.64. The number of rotatable bonds is 4. The lowest BCUT2D eigenvalue weighted by molar-refractivity contribution is 0.869. The van der Waals surface area contributed by atoms with Crippen molar-refractivity contribution < 1.29 is 0 Å². The predicted molar refractivity (Wildman–Crippen MR) is 125 cm³/mol. The summed E-state index contributed by atoms with van der Waals surface area (Å²) in [7, 11) is 2.11. The summed E-state index contributed by atoms with van der Waals surface area (Å²) >= 11 is 0. The zero-order valence-corrected chi connectivity index (χ0v) is 17.9. The molecule has 0 saturated heterocycles. The van der Waals surface area contributed by atoms with E-state index in [0.29, 0.717) is 5.92 Å². The van der Waals surface area contributed by atoms with Crippen LogP contribution in [0.3, 0.4) is 0 Å². The maximum Gasteiger partial charge on any atom is 0.126 e. The molecular weight excluding hydrogens is 354 g/mol. The molecule has 0 N–H and O–H groups in total. The Labute approximate surface area is 172 Å². The highest BCUT2D eigenvalue weighted by molar-refractivity contribution is 6.15. The van der Waals surface area contributed by atoms with Crippen molar-refractivity contribution >= 4 is 38.3 Å². The van der Waals surface area contributed by atoms with E-state index in [-0.39, 0.29) is 0 Å². The number of aromatic nitrogens is 3. The normalized spacial score (nSPS) is 12.1. The molecule has 0 aliphatic rings. The lowest BCUT2D eigenvalue weighted by Crippen LogP contribution is -2.01. The second-order valence-corrected chi connectivity index (χ2v) is 7.94. The van der Waals surface area contributed by atoms with Crippen molar-refractivity contribution in [3.05, 3.63) is 78.3 Å². The highest BCUT2D eigenvalue weighted by Crippen LogP contribution is 2.40.